The van der Waals surface area contributed by atoms with E-state index in [-0.39, 0.29) is 6.09 Å². The Labute approximate surface area is 261 Å². The number of hydrogen-bond acceptors (Lipinski definition) is 8. The first kappa shape index (κ1) is 29.6. The fourth-order valence-corrected chi connectivity index (χ4v) is 6.26. The fourth-order valence-electron chi connectivity index (χ4n) is 5.70. The molecule has 0 atom stereocenters. The predicted molar refractivity (Wildman–Crippen MR) is 171 cm³/mol. The number of aryl methyl sites for hydroxylation is 1. The summed E-state index contributed by atoms with van der Waals surface area (Å²) in [4.78, 5) is 38.7. The molecule has 43 heavy (non-hydrogen) atoms. The van der Waals surface area contributed by atoms with E-state index in [4.69, 9.17) is 9.72 Å². The van der Waals surface area contributed by atoms with Crippen LogP contribution in [0.1, 0.15) is 32.0 Å². The molecular weight excluding hydrogens is 610 g/mol. The van der Waals surface area contributed by atoms with Crippen LogP contribution in [0.3, 0.4) is 0 Å². The molecule has 2 aliphatic heterocycles. The number of anilines is 1. The number of halogens is 1. The van der Waals surface area contributed by atoms with Crippen LogP contribution >= 0.6 is 15.9 Å². The number of aromatic nitrogens is 5. The van der Waals surface area contributed by atoms with Crippen LogP contribution in [0.5, 0.6) is 0 Å². The molecule has 2 aliphatic rings. The highest BCUT2D eigenvalue weighted by Gasteiger charge is 2.26. The molecule has 4 aromatic rings. The molecular formula is C31H40BrN9O2. The third-order valence-corrected chi connectivity index (χ3v) is 8.68. The molecule has 0 unspecified atom stereocenters. The molecule has 0 bridgehead atoms. The molecule has 5 heterocycles. The van der Waals surface area contributed by atoms with Crippen molar-refractivity contribution in [3.63, 3.8) is 0 Å². The van der Waals surface area contributed by atoms with Crippen LogP contribution in [0.2, 0.25) is 0 Å². The molecule has 0 radical (unpaired) electrons. The van der Waals surface area contributed by atoms with E-state index in [0.29, 0.717) is 13.1 Å². The second-order valence-electron chi connectivity index (χ2n) is 12.4. The van der Waals surface area contributed by atoms with Gasteiger partial charge in [-0.15, -0.1) is 0 Å². The monoisotopic (exact) mass is 649 g/mol. The lowest BCUT2D eigenvalue weighted by Gasteiger charge is -2.36. The summed E-state index contributed by atoms with van der Waals surface area (Å²) < 4.78 is 8.58. The van der Waals surface area contributed by atoms with Gasteiger partial charge < -0.3 is 24.1 Å². The number of nitrogens with zero attached hydrogens (tertiary/aromatic N) is 8. The first-order valence-corrected chi connectivity index (χ1v) is 15.7. The van der Waals surface area contributed by atoms with E-state index >= 15 is 0 Å². The van der Waals surface area contributed by atoms with E-state index < -0.39 is 5.60 Å². The van der Waals surface area contributed by atoms with Crippen molar-refractivity contribution in [2.45, 2.75) is 39.5 Å². The topological polar surface area (TPSA) is 98.7 Å². The van der Waals surface area contributed by atoms with Crippen LogP contribution < -0.4 is 4.90 Å². The normalized spacial score (nSPS) is 17.1. The van der Waals surface area contributed by atoms with Gasteiger partial charge in [0.2, 0.25) is 0 Å². The minimum absolute atomic E-state index is 0.227. The van der Waals surface area contributed by atoms with Crippen molar-refractivity contribution >= 4 is 38.9 Å². The molecule has 6 rings (SSSR count). The fraction of sp³-hybridized carbons (Fsp3) is 0.484. The van der Waals surface area contributed by atoms with E-state index in [1.54, 1.807) is 4.90 Å². The molecule has 3 aromatic heterocycles. The molecule has 0 aliphatic carbocycles. The number of carbonyl (C=O) groups is 1. The minimum atomic E-state index is -0.472. The number of nitrogens with one attached hydrogen (secondary N) is 1. The lowest BCUT2D eigenvalue weighted by molar-refractivity contribution is 0.0139. The number of amides is 1. The maximum Gasteiger partial charge on any atom is 0.410 e. The van der Waals surface area contributed by atoms with Crippen LogP contribution in [-0.4, -0.2) is 103 Å². The van der Waals surface area contributed by atoms with E-state index in [1.807, 2.05) is 46.5 Å². The first-order chi connectivity index (χ1) is 20.6. The van der Waals surface area contributed by atoms with Crippen molar-refractivity contribution in [2.75, 3.05) is 57.3 Å². The highest BCUT2D eigenvalue weighted by Crippen LogP contribution is 2.34. The zero-order valence-corrected chi connectivity index (χ0v) is 27.0. The Hall–Kier alpha value is -3.48. The highest BCUT2D eigenvalue weighted by molar-refractivity contribution is 9.10. The van der Waals surface area contributed by atoms with Gasteiger partial charge in [-0.2, -0.15) is 0 Å². The second kappa shape index (κ2) is 12.3. The minimum Gasteiger partial charge on any atom is -0.444 e. The Morgan fingerprint density at radius 1 is 0.953 bits per heavy atom. The van der Waals surface area contributed by atoms with Crippen molar-refractivity contribution in [3.05, 3.63) is 58.7 Å². The van der Waals surface area contributed by atoms with Crippen LogP contribution in [0.25, 0.3) is 22.6 Å². The molecule has 1 aromatic carbocycles. The third-order valence-electron chi connectivity index (χ3n) is 8.10. The Bertz CT molecular complexity index is 1560. The molecule has 11 nitrogen and oxygen atoms in total. The van der Waals surface area contributed by atoms with Crippen molar-refractivity contribution in [1.82, 2.24) is 39.2 Å². The van der Waals surface area contributed by atoms with Crippen molar-refractivity contribution in [1.29, 1.82) is 0 Å². The number of pyridine rings is 1. The van der Waals surface area contributed by atoms with Gasteiger partial charge in [0.05, 0.1) is 22.2 Å². The second-order valence-corrected chi connectivity index (χ2v) is 13.3. The van der Waals surface area contributed by atoms with Gasteiger partial charge in [0.1, 0.15) is 16.9 Å². The quantitative estimate of drug-likeness (QED) is 0.326. The Morgan fingerprint density at radius 2 is 1.63 bits per heavy atom. The van der Waals surface area contributed by atoms with E-state index in [9.17, 15) is 4.79 Å². The number of hydrogen-bond donors (Lipinski definition) is 1. The molecule has 0 spiro atoms. The highest BCUT2D eigenvalue weighted by atomic mass is 79.9. The predicted octanol–water partition coefficient (Wildman–Crippen LogP) is 4.50. The molecule has 12 heteroatoms. The summed E-state index contributed by atoms with van der Waals surface area (Å²) in [6.07, 6.45) is 5.44. The van der Waals surface area contributed by atoms with Crippen molar-refractivity contribution in [2.24, 2.45) is 7.05 Å². The number of aromatic amines is 1. The SMILES string of the molecule is Cn1cncc1CN1CCN(c2c(Br)cnc3nc(-c4ccc(CN5CCN(C(=O)OC(C)(C)C)CC5)cc4)[nH]c23)CC1. The van der Waals surface area contributed by atoms with Crippen molar-refractivity contribution < 1.29 is 9.53 Å². The number of H-pyrrole nitrogens is 1. The zero-order valence-electron chi connectivity index (χ0n) is 25.4. The van der Waals surface area contributed by atoms with Gasteiger partial charge in [0, 0.05) is 90.5 Å². The number of fused-ring (bicyclic) bond motifs is 1. The number of carbonyl (C=O) groups excluding carboxylic acids is 1. The van der Waals surface area contributed by atoms with E-state index in [0.717, 1.165) is 85.1 Å². The number of ether oxygens (including phenoxy) is 1. The van der Waals surface area contributed by atoms with Crippen molar-refractivity contribution in [3.8, 4) is 11.4 Å². The third kappa shape index (κ3) is 6.86. The number of piperazine rings is 2. The summed E-state index contributed by atoms with van der Waals surface area (Å²) in [6, 6.07) is 8.56. The maximum absolute atomic E-state index is 12.4. The smallest absolute Gasteiger partial charge is 0.410 e. The Kier molecular flexibility index (Phi) is 8.43. The zero-order chi connectivity index (χ0) is 30.1. The van der Waals surface area contributed by atoms with Crippen LogP contribution in [0, 0.1) is 0 Å². The average molecular weight is 651 g/mol. The molecule has 2 fully saturated rings. The average Bonchev–Trinajstić information content (AvgIpc) is 3.59. The van der Waals surface area contributed by atoms with Gasteiger partial charge in [-0.3, -0.25) is 9.80 Å². The van der Waals surface area contributed by atoms with Crippen LogP contribution in [0.4, 0.5) is 10.5 Å². The van der Waals surface area contributed by atoms with Crippen LogP contribution in [-0.2, 0) is 24.9 Å². The molecule has 2 saturated heterocycles. The lowest BCUT2D eigenvalue weighted by atomic mass is 10.1. The summed E-state index contributed by atoms with van der Waals surface area (Å²) in [7, 11) is 2.05. The standard InChI is InChI=1S/C31H40BrN9O2/c1-31(2,3)43-30(42)41-15-11-38(12-16-41)19-22-5-7-23(8-6-22)28-35-26-27(25(32)18-34-29(26)36-28)40-13-9-39(10-14-40)20-24-17-33-21-37(24)4/h5-8,17-18,21H,9-16,19-20H2,1-4H3,(H,34,35,36). The Morgan fingerprint density at radius 3 is 2.28 bits per heavy atom. The van der Waals surface area contributed by atoms with Gasteiger partial charge in [-0.1, -0.05) is 24.3 Å². The largest absolute Gasteiger partial charge is 0.444 e. The van der Waals surface area contributed by atoms with E-state index in [2.05, 4.69) is 74.4 Å². The molecule has 0 saturated carbocycles. The molecule has 1 N–H and O–H groups in total. The maximum atomic E-state index is 12.4. The number of rotatable bonds is 6. The van der Waals surface area contributed by atoms with Gasteiger partial charge in [0.15, 0.2) is 5.65 Å². The van der Waals surface area contributed by atoms with Gasteiger partial charge in [-0.05, 0) is 42.3 Å². The summed E-state index contributed by atoms with van der Waals surface area (Å²) >= 11 is 3.76. The molecule has 228 valence electrons. The van der Waals surface area contributed by atoms with Gasteiger partial charge in [-0.25, -0.2) is 19.7 Å². The number of imidazole rings is 2. The summed E-state index contributed by atoms with van der Waals surface area (Å²) in [6.45, 7) is 14.2. The number of benzene rings is 1. The summed E-state index contributed by atoms with van der Waals surface area (Å²) in [5, 5.41) is 0. The Balaban J connectivity index is 1.09. The first-order valence-electron chi connectivity index (χ1n) is 14.9. The van der Waals surface area contributed by atoms with Crippen LogP contribution in [0.15, 0.2) is 47.5 Å². The van der Waals surface area contributed by atoms with Gasteiger partial charge in [0.25, 0.3) is 0 Å². The molecule has 1 amide bonds. The summed E-state index contributed by atoms with van der Waals surface area (Å²) in [5.41, 5.74) is 5.81. The lowest BCUT2D eigenvalue weighted by Crippen LogP contribution is -2.49. The summed E-state index contributed by atoms with van der Waals surface area (Å²) in [5.74, 6) is 0.814. The van der Waals surface area contributed by atoms with Gasteiger partial charge >= 0.3 is 6.09 Å². The van der Waals surface area contributed by atoms with E-state index in [1.165, 1.54) is 11.3 Å².